The van der Waals surface area contributed by atoms with Crippen molar-refractivity contribution in [2.45, 2.75) is 26.3 Å². The van der Waals surface area contributed by atoms with Gasteiger partial charge in [-0.1, -0.05) is 20.3 Å². The first-order valence-electron chi connectivity index (χ1n) is 3.54. The third-order valence-electron chi connectivity index (χ3n) is 1.97. The van der Waals surface area contributed by atoms with Gasteiger partial charge in [0.1, 0.15) is 6.73 Å². The molecule has 0 spiro atoms. The first-order chi connectivity index (χ1) is 4.34. The van der Waals surface area contributed by atoms with Gasteiger partial charge < -0.3 is 4.74 Å². The summed E-state index contributed by atoms with van der Waals surface area (Å²) in [6.07, 6.45) is 1.22. The minimum absolute atomic E-state index is 0.551. The lowest BCUT2D eigenvalue weighted by Crippen LogP contribution is -2.29. The van der Waals surface area contributed by atoms with Crippen molar-refractivity contribution in [2.75, 3.05) is 6.61 Å². The predicted octanol–water partition coefficient (Wildman–Crippen LogP) is 1.14. The lowest BCUT2D eigenvalue weighted by molar-refractivity contribution is 0.233. The largest absolute Gasteiger partial charge is 0.357 e. The van der Waals surface area contributed by atoms with Crippen molar-refractivity contribution >= 4 is 0 Å². The quantitative estimate of drug-likeness (QED) is 0.602. The highest BCUT2D eigenvalue weighted by Gasteiger charge is 2.19. The SMILES string of the molecule is CC[C@H](C)[C@H]1CO[CH]N1. The molecule has 0 aromatic rings. The molecule has 1 rings (SSSR count). The zero-order valence-electron chi connectivity index (χ0n) is 6.05. The minimum Gasteiger partial charge on any atom is -0.357 e. The van der Waals surface area contributed by atoms with Crippen LogP contribution in [0.1, 0.15) is 20.3 Å². The molecule has 0 bridgehead atoms. The summed E-state index contributed by atoms with van der Waals surface area (Å²) in [5, 5.41) is 3.16. The Morgan fingerprint density at radius 3 is 3.11 bits per heavy atom. The maximum atomic E-state index is 5.04. The van der Waals surface area contributed by atoms with E-state index in [2.05, 4.69) is 19.2 Å². The third-order valence-corrected chi connectivity index (χ3v) is 1.97. The highest BCUT2D eigenvalue weighted by molar-refractivity contribution is 4.78. The van der Waals surface area contributed by atoms with Gasteiger partial charge in [-0.25, -0.2) is 0 Å². The van der Waals surface area contributed by atoms with Gasteiger partial charge in [-0.15, -0.1) is 0 Å². The van der Waals surface area contributed by atoms with Crippen LogP contribution >= 0.6 is 0 Å². The van der Waals surface area contributed by atoms with Crippen LogP contribution in [-0.4, -0.2) is 12.6 Å². The molecule has 1 N–H and O–H groups in total. The smallest absolute Gasteiger partial charge is 0.148 e. The minimum atomic E-state index is 0.551. The summed E-state index contributed by atoms with van der Waals surface area (Å²) in [7, 11) is 0. The molecule has 2 nitrogen and oxygen atoms in total. The molecule has 2 atom stereocenters. The molecule has 0 unspecified atom stereocenters. The molecule has 53 valence electrons. The molecule has 0 aromatic carbocycles. The zero-order valence-corrected chi connectivity index (χ0v) is 6.05. The molecule has 1 aliphatic rings. The van der Waals surface area contributed by atoms with Crippen LogP contribution in [0.5, 0.6) is 0 Å². The van der Waals surface area contributed by atoms with Crippen LogP contribution in [0.4, 0.5) is 0 Å². The van der Waals surface area contributed by atoms with Gasteiger partial charge in [0.25, 0.3) is 0 Å². The van der Waals surface area contributed by atoms with E-state index in [1.54, 1.807) is 6.73 Å². The van der Waals surface area contributed by atoms with E-state index in [9.17, 15) is 0 Å². The summed E-state index contributed by atoms with van der Waals surface area (Å²) in [6, 6.07) is 0.551. The average Bonchev–Trinajstić information content (AvgIpc) is 2.37. The van der Waals surface area contributed by atoms with E-state index in [0.29, 0.717) is 6.04 Å². The summed E-state index contributed by atoms with van der Waals surface area (Å²) in [5.74, 6) is 0.726. The van der Waals surface area contributed by atoms with Crippen LogP contribution in [0.25, 0.3) is 0 Å². The van der Waals surface area contributed by atoms with Gasteiger partial charge in [-0.2, -0.15) is 0 Å². The number of ether oxygens (including phenoxy) is 1. The molecule has 0 aliphatic carbocycles. The molecule has 1 saturated heterocycles. The van der Waals surface area contributed by atoms with E-state index in [4.69, 9.17) is 4.74 Å². The lowest BCUT2D eigenvalue weighted by Gasteiger charge is -2.14. The molecule has 1 radical (unpaired) electrons. The average molecular weight is 128 g/mol. The Morgan fingerprint density at radius 1 is 1.89 bits per heavy atom. The summed E-state index contributed by atoms with van der Waals surface area (Å²) >= 11 is 0. The maximum absolute atomic E-state index is 5.04. The summed E-state index contributed by atoms with van der Waals surface area (Å²) < 4.78 is 5.04. The molecule has 1 heterocycles. The fourth-order valence-corrected chi connectivity index (χ4v) is 0.948. The van der Waals surface area contributed by atoms with Crippen LogP contribution in [0.2, 0.25) is 0 Å². The first kappa shape index (κ1) is 7.03. The van der Waals surface area contributed by atoms with Gasteiger partial charge in [0.2, 0.25) is 0 Å². The van der Waals surface area contributed by atoms with E-state index >= 15 is 0 Å². The van der Waals surface area contributed by atoms with Gasteiger partial charge >= 0.3 is 0 Å². The number of hydrogen-bond acceptors (Lipinski definition) is 2. The standard InChI is InChI=1S/C7H14NO/c1-3-6(2)7-4-9-5-8-7/h5-8H,3-4H2,1-2H3/t6-,7+/m0/s1. The Labute approximate surface area is 56.6 Å². The molecule has 1 aliphatic heterocycles. The van der Waals surface area contributed by atoms with Crippen molar-refractivity contribution in [3.63, 3.8) is 0 Å². The highest BCUT2D eigenvalue weighted by atomic mass is 16.5. The van der Waals surface area contributed by atoms with E-state index in [1.807, 2.05) is 0 Å². The van der Waals surface area contributed by atoms with Crippen LogP contribution in [-0.2, 0) is 4.74 Å². The second kappa shape index (κ2) is 3.18. The van der Waals surface area contributed by atoms with E-state index in [1.165, 1.54) is 6.42 Å². The van der Waals surface area contributed by atoms with Crippen molar-refractivity contribution in [3.8, 4) is 0 Å². The lowest BCUT2D eigenvalue weighted by atomic mass is 10.0. The van der Waals surface area contributed by atoms with E-state index in [0.717, 1.165) is 12.5 Å². The van der Waals surface area contributed by atoms with Crippen LogP contribution in [0, 0.1) is 12.6 Å². The van der Waals surface area contributed by atoms with E-state index < -0.39 is 0 Å². The third kappa shape index (κ3) is 1.66. The van der Waals surface area contributed by atoms with Crippen molar-refractivity contribution in [1.29, 1.82) is 0 Å². The maximum Gasteiger partial charge on any atom is 0.148 e. The second-order valence-corrected chi connectivity index (χ2v) is 2.61. The van der Waals surface area contributed by atoms with Crippen molar-refractivity contribution in [2.24, 2.45) is 5.92 Å². The molecular formula is C7H14NO. The van der Waals surface area contributed by atoms with Gasteiger partial charge in [0, 0.05) is 6.04 Å². The summed E-state index contributed by atoms with van der Waals surface area (Å²) in [4.78, 5) is 0. The molecule has 9 heavy (non-hydrogen) atoms. The van der Waals surface area contributed by atoms with E-state index in [-0.39, 0.29) is 0 Å². The second-order valence-electron chi connectivity index (χ2n) is 2.61. The monoisotopic (exact) mass is 128 g/mol. The van der Waals surface area contributed by atoms with Crippen molar-refractivity contribution < 1.29 is 4.74 Å². The fourth-order valence-electron chi connectivity index (χ4n) is 0.948. The predicted molar refractivity (Wildman–Crippen MR) is 36.6 cm³/mol. The number of hydrogen-bond donors (Lipinski definition) is 1. The molecule has 1 fully saturated rings. The zero-order chi connectivity index (χ0) is 6.69. The summed E-state index contributed by atoms with van der Waals surface area (Å²) in [6.45, 7) is 6.97. The van der Waals surface area contributed by atoms with Crippen molar-refractivity contribution in [1.82, 2.24) is 5.32 Å². The Kier molecular flexibility index (Phi) is 2.49. The molecule has 2 heteroatoms. The fraction of sp³-hybridized carbons (Fsp3) is 0.857. The Bertz CT molecular complexity index is 79.0. The molecule has 0 saturated carbocycles. The van der Waals surface area contributed by atoms with Gasteiger partial charge in [0.15, 0.2) is 0 Å². The molecule has 0 aromatic heterocycles. The van der Waals surface area contributed by atoms with Gasteiger partial charge in [-0.05, 0) is 5.92 Å². The first-order valence-corrected chi connectivity index (χ1v) is 3.54. The normalized spacial score (nSPS) is 30.7. The summed E-state index contributed by atoms with van der Waals surface area (Å²) in [5.41, 5.74) is 0. The highest BCUT2D eigenvalue weighted by Crippen LogP contribution is 2.12. The Balaban J connectivity index is 2.24. The number of rotatable bonds is 2. The number of nitrogens with one attached hydrogen (secondary N) is 1. The topological polar surface area (TPSA) is 21.3 Å². The van der Waals surface area contributed by atoms with Crippen molar-refractivity contribution in [3.05, 3.63) is 6.73 Å². The molecule has 0 amide bonds. The van der Waals surface area contributed by atoms with Gasteiger partial charge in [0.05, 0.1) is 6.61 Å². The van der Waals surface area contributed by atoms with Crippen LogP contribution in [0.3, 0.4) is 0 Å². The van der Waals surface area contributed by atoms with Gasteiger partial charge in [-0.3, -0.25) is 5.32 Å². The molecular weight excluding hydrogens is 114 g/mol. The van der Waals surface area contributed by atoms with Crippen LogP contribution < -0.4 is 5.32 Å². The van der Waals surface area contributed by atoms with Crippen LogP contribution in [0.15, 0.2) is 0 Å². The Hall–Kier alpha value is -0.0800. The Morgan fingerprint density at radius 2 is 2.67 bits per heavy atom.